The molecule has 1 aliphatic heterocycles. The molecule has 1 unspecified atom stereocenters. The molecule has 1 saturated carbocycles. The van der Waals surface area contributed by atoms with Crippen LogP contribution in [0.5, 0.6) is 0 Å². The third-order valence-electron chi connectivity index (χ3n) is 5.49. The number of aromatic nitrogens is 2. The summed E-state index contributed by atoms with van der Waals surface area (Å²) in [6, 6.07) is 0.612. The van der Waals surface area contributed by atoms with Crippen LogP contribution in [0.3, 0.4) is 0 Å². The molecule has 0 amide bonds. The van der Waals surface area contributed by atoms with Gasteiger partial charge in [0.15, 0.2) is 0 Å². The van der Waals surface area contributed by atoms with E-state index in [1.165, 1.54) is 67.4 Å². The molecule has 2 heterocycles. The Balaban J connectivity index is 1.91. The van der Waals surface area contributed by atoms with Gasteiger partial charge in [-0.2, -0.15) is 5.10 Å². The van der Waals surface area contributed by atoms with Crippen LogP contribution in [0.25, 0.3) is 0 Å². The molecule has 0 radical (unpaired) electrons. The number of fused-ring (bicyclic) bond motifs is 1. The number of nitrogens with zero attached hydrogens (tertiary/aromatic N) is 2. The van der Waals surface area contributed by atoms with Gasteiger partial charge in [0.05, 0.1) is 16.2 Å². The zero-order valence-corrected chi connectivity index (χ0v) is 15.0. The van der Waals surface area contributed by atoms with Crippen LogP contribution >= 0.6 is 15.9 Å². The Morgan fingerprint density at radius 3 is 2.57 bits per heavy atom. The zero-order valence-electron chi connectivity index (χ0n) is 13.4. The molecule has 1 fully saturated rings. The predicted molar refractivity (Wildman–Crippen MR) is 92.0 cm³/mol. The van der Waals surface area contributed by atoms with Gasteiger partial charge in [0.1, 0.15) is 5.82 Å². The molecule has 3 rings (SSSR count). The minimum Gasteiger partial charge on any atom is -0.369 e. The maximum atomic E-state index is 5.06. The largest absolute Gasteiger partial charge is 0.369 e. The standard InChI is InChI=1S/C17H28BrN3/c1-3-12(4-2)16-15(18)17-19-11-10-14(21(17)20-16)13-8-6-5-7-9-13/h12-14,19H,3-11H2,1-2H3. The third kappa shape index (κ3) is 2.88. The van der Waals surface area contributed by atoms with Crippen LogP contribution in [0, 0.1) is 5.92 Å². The SMILES string of the molecule is CCC(CC)c1nn2c(c1Br)NCCC2C1CCCCC1. The highest BCUT2D eigenvalue weighted by Gasteiger charge is 2.32. The minimum atomic E-state index is 0.575. The summed E-state index contributed by atoms with van der Waals surface area (Å²) < 4.78 is 3.55. The van der Waals surface area contributed by atoms with E-state index in [2.05, 4.69) is 39.8 Å². The molecule has 1 aromatic heterocycles. The van der Waals surface area contributed by atoms with Gasteiger partial charge < -0.3 is 5.32 Å². The average Bonchev–Trinajstić information content (AvgIpc) is 2.87. The second kappa shape index (κ2) is 6.72. The first-order valence-electron chi connectivity index (χ1n) is 8.78. The molecule has 1 aromatic rings. The predicted octanol–water partition coefficient (Wildman–Crippen LogP) is 5.49. The van der Waals surface area contributed by atoms with Crippen molar-refractivity contribution in [1.29, 1.82) is 0 Å². The topological polar surface area (TPSA) is 29.9 Å². The van der Waals surface area contributed by atoms with E-state index in [9.17, 15) is 0 Å². The van der Waals surface area contributed by atoms with Crippen molar-refractivity contribution in [2.45, 2.75) is 77.2 Å². The summed E-state index contributed by atoms with van der Waals surface area (Å²) in [6.45, 7) is 5.63. The monoisotopic (exact) mass is 353 g/mol. The van der Waals surface area contributed by atoms with Crippen LogP contribution in [0.4, 0.5) is 5.82 Å². The zero-order chi connectivity index (χ0) is 14.8. The van der Waals surface area contributed by atoms with Crippen molar-refractivity contribution in [3.63, 3.8) is 0 Å². The fraction of sp³-hybridized carbons (Fsp3) is 0.824. The van der Waals surface area contributed by atoms with Crippen molar-refractivity contribution in [3.8, 4) is 0 Å². The summed E-state index contributed by atoms with van der Waals surface area (Å²) in [6.07, 6.45) is 10.6. The second-order valence-corrected chi connectivity index (χ2v) is 7.48. The van der Waals surface area contributed by atoms with Gasteiger partial charge in [0, 0.05) is 12.5 Å². The lowest BCUT2D eigenvalue weighted by atomic mass is 9.82. The van der Waals surface area contributed by atoms with Gasteiger partial charge in [0.25, 0.3) is 0 Å². The summed E-state index contributed by atoms with van der Waals surface area (Å²) >= 11 is 3.82. The van der Waals surface area contributed by atoms with Gasteiger partial charge in [-0.3, -0.25) is 0 Å². The molecular weight excluding hydrogens is 326 g/mol. The van der Waals surface area contributed by atoms with Crippen molar-refractivity contribution < 1.29 is 0 Å². The Morgan fingerprint density at radius 1 is 1.19 bits per heavy atom. The quantitative estimate of drug-likeness (QED) is 0.775. The first kappa shape index (κ1) is 15.4. The molecule has 2 aliphatic rings. The van der Waals surface area contributed by atoms with E-state index < -0.39 is 0 Å². The lowest BCUT2D eigenvalue weighted by molar-refractivity contribution is 0.221. The highest BCUT2D eigenvalue weighted by atomic mass is 79.9. The fourth-order valence-electron chi connectivity index (χ4n) is 4.18. The Kier molecular flexibility index (Phi) is 4.92. The van der Waals surface area contributed by atoms with Gasteiger partial charge in [-0.05, 0) is 54.0 Å². The molecule has 0 aromatic carbocycles. The molecule has 0 spiro atoms. The van der Waals surface area contributed by atoms with Gasteiger partial charge in [-0.15, -0.1) is 0 Å². The van der Waals surface area contributed by atoms with E-state index in [4.69, 9.17) is 5.10 Å². The van der Waals surface area contributed by atoms with E-state index in [-0.39, 0.29) is 0 Å². The maximum Gasteiger partial charge on any atom is 0.139 e. The third-order valence-corrected chi connectivity index (χ3v) is 6.27. The summed E-state index contributed by atoms with van der Waals surface area (Å²) in [5.74, 6) is 2.64. The molecule has 4 heteroatoms. The van der Waals surface area contributed by atoms with Crippen molar-refractivity contribution in [2.75, 3.05) is 11.9 Å². The molecule has 1 N–H and O–H groups in total. The number of hydrogen-bond acceptors (Lipinski definition) is 2. The molecule has 0 saturated heterocycles. The van der Waals surface area contributed by atoms with E-state index in [1.807, 2.05) is 0 Å². The van der Waals surface area contributed by atoms with E-state index in [1.54, 1.807) is 0 Å². The second-order valence-electron chi connectivity index (χ2n) is 6.69. The molecular formula is C17H28BrN3. The van der Waals surface area contributed by atoms with Crippen molar-refractivity contribution >= 4 is 21.7 Å². The van der Waals surface area contributed by atoms with Crippen LogP contribution in [-0.4, -0.2) is 16.3 Å². The van der Waals surface area contributed by atoms with Gasteiger partial charge in [0.2, 0.25) is 0 Å². The Hall–Kier alpha value is -0.510. The average molecular weight is 354 g/mol. The fourth-order valence-corrected chi connectivity index (χ4v) is 4.91. The van der Waals surface area contributed by atoms with Crippen LogP contribution in [0.1, 0.15) is 82.9 Å². The Morgan fingerprint density at radius 2 is 1.90 bits per heavy atom. The summed E-state index contributed by atoms with van der Waals surface area (Å²) in [7, 11) is 0. The first-order valence-corrected chi connectivity index (χ1v) is 9.57. The number of halogens is 1. The molecule has 1 aliphatic carbocycles. The summed E-state index contributed by atoms with van der Waals surface area (Å²) in [4.78, 5) is 0. The molecule has 21 heavy (non-hydrogen) atoms. The molecule has 118 valence electrons. The van der Waals surface area contributed by atoms with Crippen molar-refractivity contribution in [2.24, 2.45) is 5.92 Å². The number of nitrogens with one attached hydrogen (secondary N) is 1. The highest BCUT2D eigenvalue weighted by Crippen LogP contribution is 2.43. The van der Waals surface area contributed by atoms with Crippen LogP contribution in [0.15, 0.2) is 4.47 Å². The Bertz CT molecular complexity index is 473. The van der Waals surface area contributed by atoms with E-state index >= 15 is 0 Å². The molecule has 0 bridgehead atoms. The van der Waals surface area contributed by atoms with Crippen LogP contribution in [0.2, 0.25) is 0 Å². The van der Waals surface area contributed by atoms with Gasteiger partial charge in [-0.25, -0.2) is 4.68 Å². The maximum absolute atomic E-state index is 5.06. The number of hydrogen-bond donors (Lipinski definition) is 1. The van der Waals surface area contributed by atoms with Crippen molar-refractivity contribution in [3.05, 3.63) is 10.2 Å². The lowest BCUT2D eigenvalue weighted by Gasteiger charge is -2.34. The summed E-state index contributed by atoms with van der Waals surface area (Å²) in [5.41, 5.74) is 1.27. The van der Waals surface area contributed by atoms with E-state index in [0.717, 1.165) is 12.5 Å². The first-order chi connectivity index (χ1) is 10.3. The Labute approximate surface area is 137 Å². The summed E-state index contributed by atoms with van der Waals surface area (Å²) in [5, 5.41) is 8.63. The number of anilines is 1. The minimum absolute atomic E-state index is 0.575. The van der Waals surface area contributed by atoms with Gasteiger partial charge >= 0.3 is 0 Å². The van der Waals surface area contributed by atoms with Crippen LogP contribution < -0.4 is 5.32 Å². The normalized spacial score (nSPS) is 23.1. The van der Waals surface area contributed by atoms with E-state index in [0.29, 0.717) is 12.0 Å². The van der Waals surface area contributed by atoms with Crippen molar-refractivity contribution in [1.82, 2.24) is 9.78 Å². The van der Waals surface area contributed by atoms with Crippen LogP contribution in [-0.2, 0) is 0 Å². The lowest BCUT2D eigenvalue weighted by Crippen LogP contribution is -2.30. The molecule has 3 nitrogen and oxygen atoms in total. The molecule has 1 atom stereocenters. The highest BCUT2D eigenvalue weighted by molar-refractivity contribution is 9.10. The van der Waals surface area contributed by atoms with Gasteiger partial charge in [-0.1, -0.05) is 33.1 Å². The number of rotatable bonds is 4. The smallest absolute Gasteiger partial charge is 0.139 e.